The molecule has 4 heterocycles. The molecule has 0 spiro atoms. The lowest BCUT2D eigenvalue weighted by molar-refractivity contribution is 0.668. The quantitative estimate of drug-likeness (QED) is 0.178. The SMILES string of the molecule is N#Cc1c(-c2ccc3c(c2)oc2ccccc23)c(-n2c3ccccc3c3ccccc32)c(-c2ccc3c(c2)oc2ccccc23)c(C#N)c1-n1c2ccccc2c2ccccc21. The number of rotatable bonds is 4. The fourth-order valence-corrected chi connectivity index (χ4v) is 10.0. The Morgan fingerprint density at radius 1 is 0.323 bits per heavy atom. The zero-order valence-corrected chi connectivity index (χ0v) is 32.9. The van der Waals surface area contributed by atoms with Crippen LogP contribution in [0.1, 0.15) is 11.1 Å². The molecule has 0 fully saturated rings. The van der Waals surface area contributed by atoms with Gasteiger partial charge in [-0.1, -0.05) is 121 Å². The van der Waals surface area contributed by atoms with E-state index in [0.717, 1.165) is 87.4 Å². The summed E-state index contributed by atoms with van der Waals surface area (Å²) in [6.45, 7) is 0. The van der Waals surface area contributed by atoms with Crippen molar-refractivity contribution in [2.45, 2.75) is 0 Å². The van der Waals surface area contributed by atoms with Crippen molar-refractivity contribution in [3.8, 4) is 45.8 Å². The molecule has 286 valence electrons. The molecule has 0 aliphatic carbocycles. The van der Waals surface area contributed by atoms with Crippen molar-refractivity contribution in [2.75, 3.05) is 0 Å². The Morgan fingerprint density at radius 3 is 1.03 bits per heavy atom. The van der Waals surface area contributed by atoms with Crippen LogP contribution in [0, 0.1) is 22.7 Å². The Hall–Kier alpha value is -8.84. The molecule has 0 atom stereocenters. The second-order valence-electron chi connectivity index (χ2n) is 15.8. The van der Waals surface area contributed by atoms with Crippen LogP contribution in [0.4, 0.5) is 0 Å². The maximum absolute atomic E-state index is 11.9. The van der Waals surface area contributed by atoms with Gasteiger partial charge in [-0.3, -0.25) is 0 Å². The van der Waals surface area contributed by atoms with E-state index in [9.17, 15) is 10.5 Å². The molecular formula is C56H30N4O2. The van der Waals surface area contributed by atoms with E-state index in [1.807, 2.05) is 72.8 Å². The molecule has 0 amide bonds. The van der Waals surface area contributed by atoms with Crippen LogP contribution in [0.2, 0.25) is 0 Å². The molecule has 0 aliphatic rings. The average Bonchev–Trinajstić information content (AvgIpc) is 4.08. The molecule has 0 radical (unpaired) electrons. The predicted octanol–water partition coefficient (Wildman–Crippen LogP) is 14.8. The first-order valence-electron chi connectivity index (χ1n) is 20.5. The summed E-state index contributed by atoms with van der Waals surface area (Å²) < 4.78 is 17.5. The van der Waals surface area contributed by atoms with E-state index in [1.165, 1.54) is 0 Å². The van der Waals surface area contributed by atoms with E-state index in [1.54, 1.807) is 0 Å². The molecule has 6 heteroatoms. The summed E-state index contributed by atoms with van der Waals surface area (Å²) in [5.74, 6) is 0. The zero-order chi connectivity index (χ0) is 41.1. The van der Waals surface area contributed by atoms with E-state index in [-0.39, 0.29) is 0 Å². The standard InChI is InChI=1S/C56H30N4O2/c57-31-43-53(33-25-27-41-39-17-5-11-23-49(39)61-51(41)29-33)56(60-47-21-9-3-15-37(47)38-16-4-10-22-48(38)60)54(34-26-28-42-40-18-6-12-24-50(40)62-52(42)30-34)44(32-58)55(43)59-45-19-7-1-13-35(45)36-14-2-8-20-46(36)59/h1-30H. The van der Waals surface area contributed by atoms with Crippen molar-refractivity contribution in [3.05, 3.63) is 193 Å². The van der Waals surface area contributed by atoms with Gasteiger partial charge in [0.05, 0.1) is 44.6 Å². The summed E-state index contributed by atoms with van der Waals surface area (Å²) >= 11 is 0. The molecule has 9 aromatic carbocycles. The third-order valence-corrected chi connectivity index (χ3v) is 12.6. The summed E-state index contributed by atoms with van der Waals surface area (Å²) in [7, 11) is 0. The summed E-state index contributed by atoms with van der Waals surface area (Å²) in [6, 6.07) is 67.1. The summed E-state index contributed by atoms with van der Waals surface area (Å²) in [5.41, 5.74) is 11.5. The topological polar surface area (TPSA) is 83.7 Å². The predicted molar refractivity (Wildman–Crippen MR) is 250 cm³/mol. The van der Waals surface area contributed by atoms with Gasteiger partial charge < -0.3 is 18.0 Å². The Morgan fingerprint density at radius 2 is 0.645 bits per heavy atom. The summed E-state index contributed by atoms with van der Waals surface area (Å²) in [4.78, 5) is 0. The molecule has 0 saturated heterocycles. The average molecular weight is 791 g/mol. The number of furan rings is 2. The highest BCUT2D eigenvalue weighted by molar-refractivity contribution is 6.15. The number of nitriles is 2. The third-order valence-electron chi connectivity index (χ3n) is 12.6. The van der Waals surface area contributed by atoms with Gasteiger partial charge in [-0.05, 0) is 71.8 Å². The molecule has 13 rings (SSSR count). The van der Waals surface area contributed by atoms with Gasteiger partial charge in [0.15, 0.2) is 0 Å². The first kappa shape index (κ1) is 34.1. The van der Waals surface area contributed by atoms with Crippen LogP contribution in [-0.4, -0.2) is 9.13 Å². The fourth-order valence-electron chi connectivity index (χ4n) is 10.0. The first-order chi connectivity index (χ1) is 30.7. The lowest BCUT2D eigenvalue weighted by atomic mass is 9.86. The number of aromatic nitrogens is 2. The number of benzene rings is 9. The second kappa shape index (κ2) is 12.8. The van der Waals surface area contributed by atoms with E-state index < -0.39 is 0 Å². The Balaban J connectivity index is 1.29. The number of hydrogen-bond donors (Lipinski definition) is 0. The Bertz CT molecular complexity index is 3880. The van der Waals surface area contributed by atoms with Crippen molar-refractivity contribution in [1.29, 1.82) is 10.5 Å². The van der Waals surface area contributed by atoms with Gasteiger partial charge in [-0.25, -0.2) is 0 Å². The molecule has 0 saturated carbocycles. The van der Waals surface area contributed by atoms with Crippen LogP contribution in [0.15, 0.2) is 191 Å². The van der Waals surface area contributed by atoms with Crippen LogP contribution in [0.25, 0.3) is 121 Å². The van der Waals surface area contributed by atoms with Crippen molar-refractivity contribution in [1.82, 2.24) is 9.13 Å². The Labute approximate surface area is 353 Å². The van der Waals surface area contributed by atoms with Gasteiger partial charge in [0.25, 0.3) is 0 Å². The van der Waals surface area contributed by atoms with Gasteiger partial charge in [0.1, 0.15) is 34.5 Å². The minimum atomic E-state index is 0.369. The maximum Gasteiger partial charge on any atom is 0.136 e. The molecule has 62 heavy (non-hydrogen) atoms. The highest BCUT2D eigenvalue weighted by Crippen LogP contribution is 2.50. The van der Waals surface area contributed by atoms with Crippen molar-refractivity contribution >= 4 is 87.5 Å². The van der Waals surface area contributed by atoms with E-state index >= 15 is 0 Å². The van der Waals surface area contributed by atoms with Crippen LogP contribution in [0.5, 0.6) is 0 Å². The number of para-hydroxylation sites is 6. The van der Waals surface area contributed by atoms with Gasteiger partial charge in [-0.15, -0.1) is 0 Å². The van der Waals surface area contributed by atoms with E-state index in [4.69, 9.17) is 8.83 Å². The van der Waals surface area contributed by atoms with E-state index in [2.05, 4.69) is 130 Å². The fraction of sp³-hybridized carbons (Fsp3) is 0. The van der Waals surface area contributed by atoms with Gasteiger partial charge in [0.2, 0.25) is 0 Å². The highest BCUT2D eigenvalue weighted by atomic mass is 16.3. The minimum absolute atomic E-state index is 0.369. The third kappa shape index (κ3) is 4.61. The number of fused-ring (bicyclic) bond motifs is 12. The number of nitrogens with zero attached hydrogens (tertiary/aromatic N) is 4. The maximum atomic E-state index is 11.9. The lowest BCUT2D eigenvalue weighted by Crippen LogP contribution is -2.11. The van der Waals surface area contributed by atoms with E-state index in [0.29, 0.717) is 44.8 Å². The first-order valence-corrected chi connectivity index (χ1v) is 20.5. The molecule has 0 N–H and O–H groups in total. The molecule has 0 unspecified atom stereocenters. The van der Waals surface area contributed by atoms with Crippen LogP contribution in [0.3, 0.4) is 0 Å². The normalized spacial score (nSPS) is 11.8. The molecular weight excluding hydrogens is 761 g/mol. The second-order valence-corrected chi connectivity index (χ2v) is 15.8. The molecule has 0 aliphatic heterocycles. The summed E-state index contributed by atoms with van der Waals surface area (Å²) in [6.07, 6.45) is 0. The minimum Gasteiger partial charge on any atom is -0.456 e. The van der Waals surface area contributed by atoms with Crippen molar-refractivity contribution < 1.29 is 8.83 Å². The van der Waals surface area contributed by atoms with Gasteiger partial charge in [0, 0.05) is 54.2 Å². The van der Waals surface area contributed by atoms with Gasteiger partial charge in [-0.2, -0.15) is 10.5 Å². The van der Waals surface area contributed by atoms with Crippen LogP contribution >= 0.6 is 0 Å². The Kier molecular flexibility index (Phi) is 7.05. The number of hydrogen-bond acceptors (Lipinski definition) is 4. The highest BCUT2D eigenvalue weighted by Gasteiger charge is 2.32. The molecule has 0 bridgehead atoms. The van der Waals surface area contributed by atoms with Crippen LogP contribution in [-0.2, 0) is 0 Å². The molecule has 4 aromatic heterocycles. The smallest absolute Gasteiger partial charge is 0.136 e. The van der Waals surface area contributed by atoms with Crippen molar-refractivity contribution in [3.63, 3.8) is 0 Å². The van der Waals surface area contributed by atoms with Crippen LogP contribution < -0.4 is 0 Å². The largest absolute Gasteiger partial charge is 0.456 e. The summed E-state index contributed by atoms with van der Waals surface area (Å²) in [5, 5.41) is 31.9. The zero-order valence-electron chi connectivity index (χ0n) is 32.9. The monoisotopic (exact) mass is 790 g/mol. The van der Waals surface area contributed by atoms with Crippen molar-refractivity contribution in [2.24, 2.45) is 0 Å². The lowest BCUT2D eigenvalue weighted by Gasteiger charge is -2.25. The van der Waals surface area contributed by atoms with Gasteiger partial charge >= 0.3 is 0 Å². The molecule has 13 aromatic rings. The molecule has 6 nitrogen and oxygen atoms in total.